The molecule has 0 radical (unpaired) electrons. The summed E-state index contributed by atoms with van der Waals surface area (Å²) >= 11 is 0. The van der Waals surface area contributed by atoms with Crippen molar-refractivity contribution in [3.05, 3.63) is 53.7 Å². The van der Waals surface area contributed by atoms with Crippen molar-refractivity contribution in [1.82, 2.24) is 25.1 Å². The van der Waals surface area contributed by atoms with Crippen molar-refractivity contribution >= 4 is 16.8 Å². The van der Waals surface area contributed by atoms with E-state index in [1.54, 1.807) is 6.07 Å². The molecule has 2 aromatic heterocycles. The quantitative estimate of drug-likeness (QED) is 0.795. The van der Waals surface area contributed by atoms with Crippen molar-refractivity contribution < 1.29 is 4.79 Å². The fourth-order valence-corrected chi connectivity index (χ4v) is 3.30. The van der Waals surface area contributed by atoms with Crippen molar-refractivity contribution in [2.75, 3.05) is 6.54 Å². The summed E-state index contributed by atoms with van der Waals surface area (Å²) in [5.74, 6) is 1.89. The number of nitrogens with one attached hydrogen (secondary N) is 1. The van der Waals surface area contributed by atoms with Gasteiger partial charge in [-0.2, -0.15) is 0 Å². The first kappa shape index (κ1) is 15.7. The van der Waals surface area contributed by atoms with Gasteiger partial charge in [-0.25, -0.2) is 4.98 Å². The molecule has 25 heavy (non-hydrogen) atoms. The molecule has 0 atom stereocenters. The maximum atomic E-state index is 12.3. The van der Waals surface area contributed by atoms with Crippen LogP contribution in [0.15, 0.2) is 36.4 Å². The molecule has 0 aliphatic carbocycles. The van der Waals surface area contributed by atoms with Crippen molar-refractivity contribution in [3.8, 4) is 0 Å². The molecule has 1 aromatic carbocycles. The number of pyridine rings is 1. The molecule has 0 saturated heterocycles. The second-order valence-electron chi connectivity index (χ2n) is 6.39. The number of aromatic nitrogens is 4. The van der Waals surface area contributed by atoms with Crippen LogP contribution in [-0.2, 0) is 19.4 Å². The standard InChI is InChI=1S/C19H21N5O/c25-19(16-10-9-14-6-3-4-7-15(14)21-16)20-12-11-18-23-22-17-8-2-1-5-13-24(17)18/h3-4,6-7,9-10H,1-2,5,8,11-13H2,(H,20,25). The highest BCUT2D eigenvalue weighted by molar-refractivity contribution is 5.94. The van der Waals surface area contributed by atoms with Gasteiger partial charge < -0.3 is 9.88 Å². The lowest BCUT2D eigenvalue weighted by Crippen LogP contribution is -2.27. The summed E-state index contributed by atoms with van der Waals surface area (Å²) in [7, 11) is 0. The lowest BCUT2D eigenvalue weighted by Gasteiger charge is -2.08. The normalized spacial score (nSPS) is 14.1. The molecule has 0 bridgehead atoms. The van der Waals surface area contributed by atoms with Crippen LogP contribution in [0.3, 0.4) is 0 Å². The van der Waals surface area contributed by atoms with Gasteiger partial charge in [-0.1, -0.05) is 30.7 Å². The predicted octanol–water partition coefficient (Wildman–Crippen LogP) is 2.53. The van der Waals surface area contributed by atoms with Gasteiger partial charge in [0.05, 0.1) is 5.52 Å². The molecule has 6 heteroatoms. The van der Waals surface area contributed by atoms with Gasteiger partial charge in [0.1, 0.15) is 17.3 Å². The van der Waals surface area contributed by atoms with Gasteiger partial charge >= 0.3 is 0 Å². The summed E-state index contributed by atoms with van der Waals surface area (Å²) < 4.78 is 2.22. The largest absolute Gasteiger partial charge is 0.350 e. The molecule has 128 valence electrons. The zero-order valence-electron chi connectivity index (χ0n) is 14.1. The molecule has 0 saturated carbocycles. The van der Waals surface area contributed by atoms with E-state index in [9.17, 15) is 4.79 Å². The number of hydrogen-bond donors (Lipinski definition) is 1. The van der Waals surface area contributed by atoms with E-state index in [2.05, 4.69) is 25.1 Å². The minimum absolute atomic E-state index is 0.152. The van der Waals surface area contributed by atoms with E-state index < -0.39 is 0 Å². The molecule has 1 aliphatic heterocycles. The van der Waals surface area contributed by atoms with Crippen LogP contribution in [0.2, 0.25) is 0 Å². The van der Waals surface area contributed by atoms with Crippen LogP contribution in [-0.4, -0.2) is 32.2 Å². The van der Waals surface area contributed by atoms with E-state index in [1.165, 1.54) is 19.3 Å². The summed E-state index contributed by atoms with van der Waals surface area (Å²) in [6.07, 6.45) is 5.29. The molecular formula is C19H21N5O. The predicted molar refractivity (Wildman–Crippen MR) is 95.4 cm³/mol. The third-order valence-electron chi connectivity index (χ3n) is 4.65. The number of aryl methyl sites for hydroxylation is 1. The highest BCUT2D eigenvalue weighted by Gasteiger charge is 2.15. The van der Waals surface area contributed by atoms with Crippen molar-refractivity contribution in [1.29, 1.82) is 0 Å². The van der Waals surface area contributed by atoms with Crippen LogP contribution in [0.1, 0.15) is 41.4 Å². The molecule has 1 N–H and O–H groups in total. The molecule has 1 amide bonds. The Hall–Kier alpha value is -2.76. The van der Waals surface area contributed by atoms with Gasteiger partial charge in [0, 0.05) is 31.3 Å². The van der Waals surface area contributed by atoms with E-state index in [0.717, 1.165) is 35.5 Å². The summed E-state index contributed by atoms with van der Waals surface area (Å²) in [5, 5.41) is 12.6. The number of hydrogen-bond acceptors (Lipinski definition) is 4. The molecular weight excluding hydrogens is 314 g/mol. The minimum Gasteiger partial charge on any atom is -0.350 e. The summed E-state index contributed by atoms with van der Waals surface area (Å²) in [6, 6.07) is 11.5. The van der Waals surface area contributed by atoms with E-state index in [-0.39, 0.29) is 5.91 Å². The third kappa shape index (κ3) is 3.38. The average Bonchev–Trinajstić information content (AvgIpc) is 2.88. The monoisotopic (exact) mass is 335 g/mol. The van der Waals surface area contributed by atoms with Gasteiger partial charge in [0.2, 0.25) is 0 Å². The number of carbonyl (C=O) groups excluding carboxylic acids is 1. The smallest absolute Gasteiger partial charge is 0.269 e. The fourth-order valence-electron chi connectivity index (χ4n) is 3.30. The molecule has 6 nitrogen and oxygen atoms in total. The molecule has 0 fully saturated rings. The Morgan fingerprint density at radius 3 is 2.96 bits per heavy atom. The zero-order chi connectivity index (χ0) is 17.1. The fraction of sp³-hybridized carbons (Fsp3) is 0.368. The first-order chi connectivity index (χ1) is 12.3. The number of nitrogens with zero attached hydrogens (tertiary/aromatic N) is 4. The van der Waals surface area contributed by atoms with Crippen molar-refractivity contribution in [2.24, 2.45) is 0 Å². The van der Waals surface area contributed by atoms with Crippen LogP contribution < -0.4 is 5.32 Å². The molecule has 3 heterocycles. The Labute approximate surface area is 146 Å². The number of benzene rings is 1. The van der Waals surface area contributed by atoms with Crippen molar-refractivity contribution in [2.45, 2.75) is 38.6 Å². The molecule has 3 aromatic rings. The van der Waals surface area contributed by atoms with Crippen LogP contribution in [0.5, 0.6) is 0 Å². The number of para-hydroxylation sites is 1. The maximum absolute atomic E-state index is 12.3. The molecule has 1 aliphatic rings. The van der Waals surface area contributed by atoms with Gasteiger partial charge in [-0.3, -0.25) is 4.79 Å². The zero-order valence-corrected chi connectivity index (χ0v) is 14.1. The second-order valence-corrected chi connectivity index (χ2v) is 6.39. The van der Waals surface area contributed by atoms with Gasteiger partial charge in [0.25, 0.3) is 5.91 Å². The van der Waals surface area contributed by atoms with Crippen LogP contribution in [0.25, 0.3) is 10.9 Å². The third-order valence-corrected chi connectivity index (χ3v) is 4.65. The Balaban J connectivity index is 1.39. The average molecular weight is 335 g/mol. The summed E-state index contributed by atoms with van der Waals surface area (Å²) in [6.45, 7) is 1.52. The van der Waals surface area contributed by atoms with Crippen LogP contribution in [0, 0.1) is 0 Å². The molecule has 0 spiro atoms. The molecule has 0 unspecified atom stereocenters. The Bertz CT molecular complexity index is 902. The van der Waals surface area contributed by atoms with Crippen LogP contribution >= 0.6 is 0 Å². The number of amides is 1. The van der Waals surface area contributed by atoms with Crippen LogP contribution in [0.4, 0.5) is 0 Å². The van der Waals surface area contributed by atoms with Gasteiger partial charge in [-0.15, -0.1) is 10.2 Å². The first-order valence-corrected chi connectivity index (χ1v) is 8.86. The Morgan fingerprint density at radius 1 is 1.08 bits per heavy atom. The van der Waals surface area contributed by atoms with E-state index >= 15 is 0 Å². The highest BCUT2D eigenvalue weighted by Crippen LogP contribution is 2.15. The second kappa shape index (κ2) is 7.01. The Kier molecular flexibility index (Phi) is 4.41. The Morgan fingerprint density at radius 2 is 2.00 bits per heavy atom. The van der Waals surface area contributed by atoms with E-state index in [0.29, 0.717) is 18.7 Å². The van der Waals surface area contributed by atoms with E-state index in [1.807, 2.05) is 30.3 Å². The number of carbonyl (C=O) groups is 1. The number of rotatable bonds is 4. The topological polar surface area (TPSA) is 72.7 Å². The van der Waals surface area contributed by atoms with Crippen molar-refractivity contribution in [3.63, 3.8) is 0 Å². The molecule has 4 rings (SSSR count). The summed E-state index contributed by atoms with van der Waals surface area (Å²) in [5.41, 5.74) is 1.27. The SMILES string of the molecule is O=C(NCCc1nnc2n1CCCCC2)c1ccc2ccccc2n1. The van der Waals surface area contributed by atoms with Gasteiger partial charge in [0.15, 0.2) is 0 Å². The lowest BCUT2D eigenvalue weighted by atomic mass is 10.2. The maximum Gasteiger partial charge on any atom is 0.269 e. The summed E-state index contributed by atoms with van der Waals surface area (Å²) in [4.78, 5) is 16.8. The number of fused-ring (bicyclic) bond motifs is 2. The van der Waals surface area contributed by atoms with E-state index in [4.69, 9.17) is 0 Å². The highest BCUT2D eigenvalue weighted by atomic mass is 16.1. The first-order valence-electron chi connectivity index (χ1n) is 8.86. The minimum atomic E-state index is -0.152. The lowest BCUT2D eigenvalue weighted by molar-refractivity contribution is 0.0949. The van der Waals surface area contributed by atoms with Gasteiger partial charge in [-0.05, 0) is 25.0 Å².